The molecule has 0 aromatic carbocycles. The van der Waals surface area contributed by atoms with Crippen LogP contribution in [-0.4, -0.2) is 25.2 Å². The van der Waals surface area contributed by atoms with Gasteiger partial charge in [0, 0.05) is 11.6 Å². The molecule has 4 heteroatoms. The Kier molecular flexibility index (Phi) is 5.73. The Morgan fingerprint density at radius 1 is 1.12 bits per heavy atom. The first-order valence-electron chi connectivity index (χ1n) is 6.24. The molecule has 1 aliphatic rings. The quantitative estimate of drug-likeness (QED) is 0.546. The van der Waals surface area contributed by atoms with Crippen molar-refractivity contribution in [1.82, 2.24) is 0 Å². The molecular formula is C13H20O4. The van der Waals surface area contributed by atoms with E-state index in [0.29, 0.717) is 18.8 Å². The molecule has 0 amide bonds. The third kappa shape index (κ3) is 4.21. The van der Waals surface area contributed by atoms with Crippen molar-refractivity contribution in [2.75, 3.05) is 13.2 Å². The maximum absolute atomic E-state index is 11.8. The molecule has 0 radical (unpaired) electrons. The Balaban J connectivity index is 2.77. The zero-order valence-corrected chi connectivity index (χ0v) is 10.5. The van der Waals surface area contributed by atoms with E-state index in [0.717, 1.165) is 25.7 Å². The van der Waals surface area contributed by atoms with Gasteiger partial charge in [0.15, 0.2) is 0 Å². The van der Waals surface area contributed by atoms with Crippen molar-refractivity contribution in [3.8, 4) is 0 Å². The predicted octanol–water partition coefficient (Wildman–Crippen LogP) is 2.23. The molecule has 0 atom stereocenters. The summed E-state index contributed by atoms with van der Waals surface area (Å²) < 4.78 is 9.82. The summed E-state index contributed by atoms with van der Waals surface area (Å²) in [6.45, 7) is 4.14. The number of hydrogen-bond acceptors (Lipinski definition) is 4. The van der Waals surface area contributed by atoms with E-state index in [-0.39, 0.29) is 11.9 Å². The van der Waals surface area contributed by atoms with Gasteiger partial charge in [-0.05, 0) is 32.6 Å². The fourth-order valence-corrected chi connectivity index (χ4v) is 2.11. The normalized spacial score (nSPS) is 16.9. The summed E-state index contributed by atoms with van der Waals surface area (Å²) in [7, 11) is 0. The van der Waals surface area contributed by atoms with E-state index in [1.807, 2.05) is 0 Å². The van der Waals surface area contributed by atoms with Gasteiger partial charge in [-0.15, -0.1) is 0 Å². The second-order valence-corrected chi connectivity index (χ2v) is 4.05. The molecule has 0 saturated heterocycles. The van der Waals surface area contributed by atoms with Gasteiger partial charge in [-0.1, -0.05) is 12.8 Å². The summed E-state index contributed by atoms with van der Waals surface area (Å²) in [5.74, 6) is -0.687. The zero-order valence-electron chi connectivity index (χ0n) is 10.5. The second-order valence-electron chi connectivity index (χ2n) is 4.05. The molecule has 0 aromatic rings. The van der Waals surface area contributed by atoms with E-state index in [4.69, 9.17) is 9.47 Å². The first kappa shape index (κ1) is 13.7. The minimum absolute atomic E-state index is 0.151. The fraction of sp³-hybridized carbons (Fsp3) is 0.692. The Morgan fingerprint density at radius 2 is 1.71 bits per heavy atom. The van der Waals surface area contributed by atoms with Crippen molar-refractivity contribution in [2.45, 2.75) is 39.5 Å². The van der Waals surface area contributed by atoms with Gasteiger partial charge < -0.3 is 9.47 Å². The molecule has 1 fully saturated rings. The first-order valence-corrected chi connectivity index (χ1v) is 6.24. The Bertz CT molecular complexity index is 301. The summed E-state index contributed by atoms with van der Waals surface area (Å²) in [5, 5.41) is 0. The van der Waals surface area contributed by atoms with Crippen LogP contribution in [0.2, 0.25) is 0 Å². The van der Waals surface area contributed by atoms with Crippen molar-refractivity contribution >= 4 is 11.9 Å². The highest BCUT2D eigenvalue weighted by atomic mass is 16.5. The SMILES string of the molecule is CCOC(=O)/C=C(\C(=O)OCC)C1CCCC1. The summed E-state index contributed by atoms with van der Waals surface area (Å²) in [5.41, 5.74) is 0.475. The van der Waals surface area contributed by atoms with Gasteiger partial charge in [-0.2, -0.15) is 0 Å². The van der Waals surface area contributed by atoms with Gasteiger partial charge >= 0.3 is 11.9 Å². The Labute approximate surface area is 102 Å². The lowest BCUT2D eigenvalue weighted by Crippen LogP contribution is -2.16. The Hall–Kier alpha value is -1.32. The van der Waals surface area contributed by atoms with Crippen LogP contribution >= 0.6 is 0 Å². The maximum Gasteiger partial charge on any atom is 0.334 e. The maximum atomic E-state index is 11.8. The number of ether oxygens (including phenoxy) is 2. The van der Waals surface area contributed by atoms with E-state index in [1.54, 1.807) is 13.8 Å². The van der Waals surface area contributed by atoms with E-state index < -0.39 is 5.97 Å². The zero-order chi connectivity index (χ0) is 12.7. The van der Waals surface area contributed by atoms with Crippen LogP contribution in [0.3, 0.4) is 0 Å². The molecule has 0 spiro atoms. The molecule has 1 saturated carbocycles. The smallest absolute Gasteiger partial charge is 0.334 e. The van der Waals surface area contributed by atoms with Crippen LogP contribution < -0.4 is 0 Å². The standard InChI is InChI=1S/C13H20O4/c1-3-16-12(14)9-11(13(15)17-4-2)10-7-5-6-8-10/h9-10H,3-8H2,1-2H3/b11-9-. The van der Waals surface area contributed by atoms with Crippen LogP contribution in [0.15, 0.2) is 11.6 Å². The summed E-state index contributed by atoms with van der Waals surface area (Å²) in [4.78, 5) is 23.2. The number of carbonyl (C=O) groups excluding carboxylic acids is 2. The highest BCUT2D eigenvalue weighted by Crippen LogP contribution is 2.31. The van der Waals surface area contributed by atoms with Crippen molar-refractivity contribution in [3.63, 3.8) is 0 Å². The van der Waals surface area contributed by atoms with Crippen molar-refractivity contribution in [1.29, 1.82) is 0 Å². The van der Waals surface area contributed by atoms with Crippen molar-refractivity contribution < 1.29 is 19.1 Å². The molecule has 4 nitrogen and oxygen atoms in total. The van der Waals surface area contributed by atoms with Crippen LogP contribution in [0.4, 0.5) is 0 Å². The largest absolute Gasteiger partial charge is 0.463 e. The average molecular weight is 240 g/mol. The highest BCUT2D eigenvalue weighted by Gasteiger charge is 2.26. The van der Waals surface area contributed by atoms with Gasteiger partial charge in [-0.25, -0.2) is 9.59 Å². The summed E-state index contributed by atoms with van der Waals surface area (Å²) >= 11 is 0. The number of carbonyl (C=O) groups is 2. The topological polar surface area (TPSA) is 52.6 Å². The first-order chi connectivity index (χ1) is 8.19. The number of hydrogen-bond donors (Lipinski definition) is 0. The van der Waals surface area contributed by atoms with Crippen LogP contribution in [0.5, 0.6) is 0 Å². The molecule has 96 valence electrons. The number of esters is 2. The third-order valence-electron chi connectivity index (χ3n) is 2.87. The molecule has 17 heavy (non-hydrogen) atoms. The molecular weight excluding hydrogens is 220 g/mol. The van der Waals surface area contributed by atoms with Gasteiger partial charge in [0.25, 0.3) is 0 Å². The van der Waals surface area contributed by atoms with E-state index in [2.05, 4.69) is 0 Å². The van der Waals surface area contributed by atoms with Crippen LogP contribution in [0.25, 0.3) is 0 Å². The lowest BCUT2D eigenvalue weighted by atomic mass is 9.97. The lowest BCUT2D eigenvalue weighted by Gasteiger charge is -2.12. The van der Waals surface area contributed by atoms with Gasteiger partial charge in [-0.3, -0.25) is 0 Å². The predicted molar refractivity (Wildman–Crippen MR) is 63.3 cm³/mol. The molecule has 0 aromatic heterocycles. The van der Waals surface area contributed by atoms with Crippen LogP contribution in [-0.2, 0) is 19.1 Å². The minimum atomic E-state index is -0.456. The molecule has 0 N–H and O–H groups in total. The average Bonchev–Trinajstić information content (AvgIpc) is 2.79. The molecule has 0 heterocycles. The van der Waals surface area contributed by atoms with Gasteiger partial charge in [0.05, 0.1) is 13.2 Å². The molecule has 1 rings (SSSR count). The molecule has 1 aliphatic carbocycles. The minimum Gasteiger partial charge on any atom is -0.463 e. The third-order valence-corrected chi connectivity index (χ3v) is 2.87. The van der Waals surface area contributed by atoms with E-state index in [1.165, 1.54) is 6.08 Å². The fourth-order valence-electron chi connectivity index (χ4n) is 2.11. The monoisotopic (exact) mass is 240 g/mol. The summed E-state index contributed by atoms with van der Waals surface area (Å²) in [6, 6.07) is 0. The van der Waals surface area contributed by atoms with Crippen molar-refractivity contribution in [2.24, 2.45) is 5.92 Å². The van der Waals surface area contributed by atoms with E-state index in [9.17, 15) is 9.59 Å². The summed E-state index contributed by atoms with van der Waals surface area (Å²) in [6.07, 6.45) is 5.40. The molecule has 0 bridgehead atoms. The Morgan fingerprint density at radius 3 is 2.24 bits per heavy atom. The molecule has 0 unspecified atom stereocenters. The van der Waals surface area contributed by atoms with Crippen molar-refractivity contribution in [3.05, 3.63) is 11.6 Å². The van der Waals surface area contributed by atoms with Crippen LogP contribution in [0, 0.1) is 5.92 Å². The molecule has 0 aliphatic heterocycles. The second kappa shape index (κ2) is 7.09. The van der Waals surface area contributed by atoms with Gasteiger partial charge in [0.2, 0.25) is 0 Å². The number of rotatable bonds is 5. The lowest BCUT2D eigenvalue weighted by molar-refractivity contribution is -0.141. The highest BCUT2D eigenvalue weighted by molar-refractivity contribution is 5.96. The van der Waals surface area contributed by atoms with Crippen LogP contribution in [0.1, 0.15) is 39.5 Å². The van der Waals surface area contributed by atoms with E-state index >= 15 is 0 Å². The van der Waals surface area contributed by atoms with Gasteiger partial charge in [0.1, 0.15) is 0 Å².